The van der Waals surface area contributed by atoms with E-state index in [1.54, 1.807) is 0 Å². The molecule has 0 spiro atoms. The Kier molecular flexibility index (Phi) is 5.32. The molecule has 0 aliphatic rings. The number of nitrogens with zero attached hydrogens (tertiary/aromatic N) is 3. The molecule has 1 heterocycles. The number of benzene rings is 1. The van der Waals surface area contributed by atoms with Crippen LogP contribution in [0.25, 0.3) is 5.69 Å². The maximum Gasteiger partial charge on any atom is 0.0649 e. The van der Waals surface area contributed by atoms with Gasteiger partial charge in [0.25, 0.3) is 0 Å². The summed E-state index contributed by atoms with van der Waals surface area (Å²) in [6.45, 7) is 4.15. The first-order chi connectivity index (χ1) is 9.72. The lowest BCUT2D eigenvalue weighted by Gasteiger charge is -2.21. The number of hydrogen-bond donors (Lipinski definition) is 1. The van der Waals surface area contributed by atoms with Gasteiger partial charge in [-0.1, -0.05) is 25.1 Å². The van der Waals surface area contributed by atoms with E-state index in [1.165, 1.54) is 5.69 Å². The molecule has 2 rings (SSSR count). The molecule has 2 aromatic rings. The Labute approximate surface area is 121 Å². The van der Waals surface area contributed by atoms with Crippen LogP contribution in [0.1, 0.15) is 25.1 Å². The van der Waals surface area contributed by atoms with E-state index in [0.717, 1.165) is 25.2 Å². The molecule has 0 bridgehead atoms. The predicted molar refractivity (Wildman–Crippen MR) is 83.2 cm³/mol. The van der Waals surface area contributed by atoms with Crippen LogP contribution < -0.4 is 5.32 Å². The van der Waals surface area contributed by atoms with Gasteiger partial charge in [0.05, 0.1) is 17.4 Å². The summed E-state index contributed by atoms with van der Waals surface area (Å²) >= 11 is 0. The lowest BCUT2D eigenvalue weighted by molar-refractivity contribution is 0.358. The second kappa shape index (κ2) is 7.22. The largest absolute Gasteiger partial charge is 0.309 e. The van der Waals surface area contributed by atoms with Crippen LogP contribution in [0, 0.1) is 0 Å². The van der Waals surface area contributed by atoms with Crippen molar-refractivity contribution in [1.82, 2.24) is 20.0 Å². The van der Waals surface area contributed by atoms with Crippen molar-refractivity contribution in [2.24, 2.45) is 0 Å². The highest BCUT2D eigenvalue weighted by molar-refractivity contribution is 5.33. The number of aromatic nitrogens is 2. The van der Waals surface area contributed by atoms with E-state index < -0.39 is 0 Å². The second-order valence-electron chi connectivity index (χ2n) is 5.21. The minimum absolute atomic E-state index is 0.324. The van der Waals surface area contributed by atoms with Crippen molar-refractivity contribution in [3.05, 3.63) is 48.3 Å². The third kappa shape index (κ3) is 3.68. The summed E-state index contributed by atoms with van der Waals surface area (Å²) < 4.78 is 2.03. The molecule has 4 heteroatoms. The Balaban J connectivity index is 2.23. The van der Waals surface area contributed by atoms with Crippen LogP contribution in [-0.4, -0.2) is 41.9 Å². The highest BCUT2D eigenvalue weighted by Crippen LogP contribution is 2.20. The maximum atomic E-state index is 4.48. The van der Waals surface area contributed by atoms with Gasteiger partial charge in [-0.25, -0.2) is 4.68 Å². The molecule has 0 saturated heterocycles. The molecular weight excluding hydrogens is 248 g/mol. The smallest absolute Gasteiger partial charge is 0.0649 e. The van der Waals surface area contributed by atoms with Crippen molar-refractivity contribution in [3.8, 4) is 5.69 Å². The summed E-state index contributed by atoms with van der Waals surface area (Å²) in [6, 6.07) is 12.7. The minimum atomic E-state index is 0.324. The molecule has 1 aromatic heterocycles. The van der Waals surface area contributed by atoms with Gasteiger partial charge >= 0.3 is 0 Å². The van der Waals surface area contributed by atoms with Gasteiger partial charge in [0.15, 0.2) is 0 Å². The van der Waals surface area contributed by atoms with Gasteiger partial charge in [0.2, 0.25) is 0 Å². The van der Waals surface area contributed by atoms with Gasteiger partial charge in [-0.2, -0.15) is 5.10 Å². The van der Waals surface area contributed by atoms with E-state index in [0.29, 0.717) is 6.04 Å². The van der Waals surface area contributed by atoms with Crippen LogP contribution in [0.3, 0.4) is 0 Å². The van der Waals surface area contributed by atoms with E-state index in [2.05, 4.69) is 54.5 Å². The Morgan fingerprint density at radius 1 is 1.20 bits per heavy atom. The zero-order chi connectivity index (χ0) is 14.4. The normalized spacial score (nSPS) is 12.8. The lowest BCUT2D eigenvalue weighted by atomic mass is 10.1. The molecular formula is C16H24N4. The monoisotopic (exact) mass is 272 g/mol. The molecule has 1 aromatic carbocycles. The summed E-state index contributed by atoms with van der Waals surface area (Å²) in [7, 11) is 4.22. The summed E-state index contributed by atoms with van der Waals surface area (Å²) in [5, 5.41) is 8.04. The number of hydrogen-bond acceptors (Lipinski definition) is 3. The average Bonchev–Trinajstić information content (AvgIpc) is 2.93. The molecule has 1 atom stereocenters. The predicted octanol–water partition coefficient (Wildman–Crippen LogP) is 2.47. The molecule has 1 unspecified atom stereocenters. The number of nitrogens with one attached hydrogen (secondary N) is 1. The molecule has 4 nitrogen and oxygen atoms in total. The van der Waals surface area contributed by atoms with Crippen molar-refractivity contribution < 1.29 is 0 Å². The Morgan fingerprint density at radius 2 is 1.95 bits per heavy atom. The molecule has 0 saturated carbocycles. The Hall–Kier alpha value is -1.65. The average molecular weight is 272 g/mol. The molecule has 0 aliphatic heterocycles. The van der Waals surface area contributed by atoms with Gasteiger partial charge in [-0.05, 0) is 51.8 Å². The first-order valence-electron chi connectivity index (χ1n) is 7.20. The standard InChI is InChI=1S/C16H24N4/c1-4-17-15(11-13-19(2)3)16-10-12-18-20(16)14-8-6-5-7-9-14/h5-10,12,15,17H,4,11,13H2,1-3H3. The Bertz CT molecular complexity index is 504. The topological polar surface area (TPSA) is 33.1 Å². The van der Waals surface area contributed by atoms with E-state index in [1.807, 2.05) is 29.1 Å². The second-order valence-corrected chi connectivity index (χ2v) is 5.21. The summed E-state index contributed by atoms with van der Waals surface area (Å²) in [6.07, 6.45) is 2.95. The molecule has 0 aliphatic carbocycles. The number of para-hydroxylation sites is 1. The van der Waals surface area contributed by atoms with E-state index in [4.69, 9.17) is 0 Å². The van der Waals surface area contributed by atoms with Crippen molar-refractivity contribution in [2.45, 2.75) is 19.4 Å². The number of rotatable bonds is 7. The fourth-order valence-electron chi connectivity index (χ4n) is 2.35. The fourth-order valence-corrected chi connectivity index (χ4v) is 2.35. The van der Waals surface area contributed by atoms with Gasteiger partial charge in [-0.3, -0.25) is 0 Å². The highest BCUT2D eigenvalue weighted by Gasteiger charge is 2.16. The van der Waals surface area contributed by atoms with Gasteiger partial charge in [0.1, 0.15) is 0 Å². The fraction of sp³-hybridized carbons (Fsp3) is 0.438. The quantitative estimate of drug-likeness (QED) is 0.840. The lowest BCUT2D eigenvalue weighted by Crippen LogP contribution is -2.27. The van der Waals surface area contributed by atoms with Crippen LogP contribution in [0.2, 0.25) is 0 Å². The van der Waals surface area contributed by atoms with Crippen LogP contribution in [0.15, 0.2) is 42.6 Å². The third-order valence-electron chi connectivity index (χ3n) is 3.35. The zero-order valence-electron chi connectivity index (χ0n) is 12.6. The SMILES string of the molecule is CCNC(CCN(C)C)c1ccnn1-c1ccccc1. The molecule has 0 radical (unpaired) electrons. The molecule has 0 amide bonds. The van der Waals surface area contributed by atoms with E-state index in [-0.39, 0.29) is 0 Å². The van der Waals surface area contributed by atoms with Gasteiger partial charge < -0.3 is 10.2 Å². The first-order valence-corrected chi connectivity index (χ1v) is 7.20. The third-order valence-corrected chi connectivity index (χ3v) is 3.35. The van der Waals surface area contributed by atoms with Crippen molar-refractivity contribution in [1.29, 1.82) is 0 Å². The minimum Gasteiger partial charge on any atom is -0.309 e. The van der Waals surface area contributed by atoms with E-state index in [9.17, 15) is 0 Å². The molecule has 20 heavy (non-hydrogen) atoms. The van der Waals surface area contributed by atoms with Crippen LogP contribution in [0.5, 0.6) is 0 Å². The van der Waals surface area contributed by atoms with Crippen molar-refractivity contribution in [2.75, 3.05) is 27.2 Å². The zero-order valence-corrected chi connectivity index (χ0v) is 12.6. The van der Waals surface area contributed by atoms with Crippen LogP contribution in [0.4, 0.5) is 0 Å². The maximum absolute atomic E-state index is 4.48. The summed E-state index contributed by atoms with van der Waals surface area (Å²) in [5.74, 6) is 0. The summed E-state index contributed by atoms with van der Waals surface area (Å²) in [5.41, 5.74) is 2.33. The van der Waals surface area contributed by atoms with Crippen molar-refractivity contribution in [3.63, 3.8) is 0 Å². The first kappa shape index (κ1) is 14.8. The molecule has 1 N–H and O–H groups in total. The van der Waals surface area contributed by atoms with Crippen molar-refractivity contribution >= 4 is 0 Å². The highest BCUT2D eigenvalue weighted by atomic mass is 15.3. The Morgan fingerprint density at radius 3 is 2.60 bits per heavy atom. The van der Waals surface area contributed by atoms with Gasteiger partial charge in [-0.15, -0.1) is 0 Å². The van der Waals surface area contributed by atoms with Gasteiger partial charge in [0, 0.05) is 6.20 Å². The molecule has 108 valence electrons. The van der Waals surface area contributed by atoms with Crippen LogP contribution >= 0.6 is 0 Å². The summed E-state index contributed by atoms with van der Waals surface area (Å²) in [4.78, 5) is 2.22. The van der Waals surface area contributed by atoms with E-state index >= 15 is 0 Å². The molecule has 0 fully saturated rings. The van der Waals surface area contributed by atoms with Crippen LogP contribution in [-0.2, 0) is 0 Å².